The summed E-state index contributed by atoms with van der Waals surface area (Å²) < 4.78 is 0. The van der Waals surface area contributed by atoms with Gasteiger partial charge in [0.2, 0.25) is 5.91 Å². The third-order valence-corrected chi connectivity index (χ3v) is 3.99. The molecule has 0 heterocycles. The molecule has 0 bridgehead atoms. The van der Waals surface area contributed by atoms with Gasteiger partial charge in [0, 0.05) is 20.1 Å². The van der Waals surface area contributed by atoms with E-state index in [9.17, 15) is 4.79 Å². The first kappa shape index (κ1) is 16.0. The van der Waals surface area contributed by atoms with Crippen molar-refractivity contribution in [3.8, 4) is 0 Å². The molecule has 0 radical (unpaired) electrons. The second-order valence-electron chi connectivity index (χ2n) is 5.13. The number of hydrogen-bond acceptors (Lipinski definition) is 2. The predicted molar refractivity (Wildman–Crippen MR) is 80.8 cm³/mol. The first-order valence-corrected chi connectivity index (χ1v) is 6.66. The fraction of sp³-hybridized carbons (Fsp3) is 0.533. The molecule has 0 unspecified atom stereocenters. The summed E-state index contributed by atoms with van der Waals surface area (Å²) in [4.78, 5) is 14.5. The van der Waals surface area contributed by atoms with Crippen LogP contribution >= 0.6 is 12.4 Å². The number of nitrogens with zero attached hydrogens (tertiary/aromatic N) is 1. The van der Waals surface area contributed by atoms with E-state index >= 15 is 0 Å². The molecule has 0 aromatic heterocycles. The highest BCUT2D eigenvalue weighted by molar-refractivity contribution is 5.89. The van der Waals surface area contributed by atoms with E-state index in [1.54, 1.807) is 0 Å². The van der Waals surface area contributed by atoms with Crippen LogP contribution in [0.3, 0.4) is 0 Å². The van der Waals surface area contributed by atoms with Gasteiger partial charge >= 0.3 is 0 Å². The quantitative estimate of drug-likeness (QED) is 0.898. The second-order valence-corrected chi connectivity index (χ2v) is 5.13. The Labute approximate surface area is 121 Å². The molecule has 0 atom stereocenters. The molecule has 2 rings (SSSR count). The van der Waals surface area contributed by atoms with Gasteiger partial charge in [0.25, 0.3) is 0 Å². The van der Waals surface area contributed by atoms with Crippen LogP contribution < -0.4 is 5.32 Å². The van der Waals surface area contributed by atoms with E-state index in [-0.39, 0.29) is 23.7 Å². The van der Waals surface area contributed by atoms with Crippen molar-refractivity contribution in [1.29, 1.82) is 0 Å². The molecule has 4 heteroatoms. The maximum absolute atomic E-state index is 12.7. The van der Waals surface area contributed by atoms with Crippen molar-refractivity contribution in [3.63, 3.8) is 0 Å². The van der Waals surface area contributed by atoms with Crippen molar-refractivity contribution in [2.45, 2.75) is 24.7 Å². The Morgan fingerprint density at radius 2 is 1.95 bits per heavy atom. The number of halogens is 1. The molecule has 106 valence electrons. The fourth-order valence-corrected chi connectivity index (χ4v) is 2.66. The van der Waals surface area contributed by atoms with Gasteiger partial charge in [0.15, 0.2) is 0 Å². The molecule has 0 spiro atoms. The second kappa shape index (κ2) is 6.92. The maximum Gasteiger partial charge on any atom is 0.233 e. The zero-order chi connectivity index (χ0) is 13.0. The highest BCUT2D eigenvalue weighted by atomic mass is 35.5. The molecule has 1 aromatic rings. The third kappa shape index (κ3) is 3.10. The molecule has 1 fully saturated rings. The van der Waals surface area contributed by atoms with Gasteiger partial charge in [0.1, 0.15) is 0 Å². The van der Waals surface area contributed by atoms with E-state index in [0.717, 1.165) is 32.4 Å². The highest BCUT2D eigenvalue weighted by Gasteiger charge is 2.46. The summed E-state index contributed by atoms with van der Waals surface area (Å²) in [6, 6.07) is 10.2. The Morgan fingerprint density at radius 1 is 1.32 bits per heavy atom. The first-order chi connectivity index (χ1) is 8.70. The van der Waals surface area contributed by atoms with Crippen LogP contribution in [0.15, 0.2) is 30.3 Å². The molecule has 1 aliphatic rings. The molecule has 0 aliphatic heterocycles. The monoisotopic (exact) mass is 282 g/mol. The minimum atomic E-state index is -0.246. The van der Waals surface area contributed by atoms with Crippen LogP contribution in [-0.4, -0.2) is 38.0 Å². The van der Waals surface area contributed by atoms with Crippen LogP contribution in [0.2, 0.25) is 0 Å². The van der Waals surface area contributed by atoms with Crippen molar-refractivity contribution in [3.05, 3.63) is 35.9 Å². The standard InChI is InChI=1S/C15H22N2O.ClH/c1-16-11-12-17(2)14(18)15(9-6-10-15)13-7-4-3-5-8-13;/h3-5,7-8,16H,6,9-12H2,1-2H3;1H. The van der Waals surface area contributed by atoms with Crippen LogP contribution in [0.5, 0.6) is 0 Å². The number of rotatable bonds is 5. The first-order valence-electron chi connectivity index (χ1n) is 6.66. The summed E-state index contributed by atoms with van der Waals surface area (Å²) in [5, 5.41) is 3.09. The molecular formula is C15H23ClN2O. The van der Waals surface area contributed by atoms with Crippen LogP contribution in [0.4, 0.5) is 0 Å². The lowest BCUT2D eigenvalue weighted by molar-refractivity contribution is -0.139. The van der Waals surface area contributed by atoms with Crippen molar-refractivity contribution in [2.24, 2.45) is 0 Å². The molecule has 0 saturated heterocycles. The minimum absolute atomic E-state index is 0. The number of carbonyl (C=O) groups is 1. The molecule has 19 heavy (non-hydrogen) atoms. The largest absolute Gasteiger partial charge is 0.344 e. The molecule has 1 aliphatic carbocycles. The molecule has 3 nitrogen and oxygen atoms in total. The Balaban J connectivity index is 0.00000180. The number of carbonyl (C=O) groups excluding carboxylic acids is 1. The number of likely N-dealkylation sites (N-methyl/N-ethyl adjacent to an activating group) is 2. The van der Waals surface area contributed by atoms with Gasteiger partial charge in [-0.1, -0.05) is 36.8 Å². The van der Waals surface area contributed by atoms with E-state index in [0.29, 0.717) is 0 Å². The number of hydrogen-bond donors (Lipinski definition) is 1. The van der Waals surface area contributed by atoms with Crippen molar-refractivity contribution >= 4 is 18.3 Å². The van der Waals surface area contributed by atoms with Crippen molar-refractivity contribution < 1.29 is 4.79 Å². The molecule has 1 aromatic carbocycles. The van der Waals surface area contributed by atoms with Gasteiger partial charge in [-0.2, -0.15) is 0 Å². The van der Waals surface area contributed by atoms with Gasteiger partial charge in [0.05, 0.1) is 5.41 Å². The summed E-state index contributed by atoms with van der Waals surface area (Å²) >= 11 is 0. The lowest BCUT2D eigenvalue weighted by Gasteiger charge is -2.43. The predicted octanol–water partition coefficient (Wildman–Crippen LogP) is 2.21. The van der Waals surface area contributed by atoms with Gasteiger partial charge in [-0.05, 0) is 25.5 Å². The van der Waals surface area contributed by atoms with E-state index < -0.39 is 0 Å². The molecular weight excluding hydrogens is 260 g/mol. The van der Waals surface area contributed by atoms with E-state index in [1.165, 1.54) is 5.56 Å². The lowest BCUT2D eigenvalue weighted by atomic mass is 9.63. The molecule has 1 saturated carbocycles. The van der Waals surface area contributed by atoms with Crippen molar-refractivity contribution in [2.75, 3.05) is 27.2 Å². The van der Waals surface area contributed by atoms with Gasteiger partial charge < -0.3 is 10.2 Å². The van der Waals surface area contributed by atoms with Crippen LogP contribution in [0.25, 0.3) is 0 Å². The van der Waals surface area contributed by atoms with Gasteiger partial charge in [-0.25, -0.2) is 0 Å². The van der Waals surface area contributed by atoms with Crippen LogP contribution in [0, 0.1) is 0 Å². The summed E-state index contributed by atoms with van der Waals surface area (Å²) in [5.74, 6) is 0.273. The average molecular weight is 283 g/mol. The number of benzene rings is 1. The Hall–Kier alpha value is -1.06. The Kier molecular flexibility index (Phi) is 5.83. The van der Waals surface area contributed by atoms with Crippen LogP contribution in [-0.2, 0) is 10.2 Å². The summed E-state index contributed by atoms with van der Waals surface area (Å²) in [6.45, 7) is 1.61. The Morgan fingerprint density at radius 3 is 2.42 bits per heavy atom. The topological polar surface area (TPSA) is 32.3 Å². The lowest BCUT2D eigenvalue weighted by Crippen LogP contribution is -2.50. The molecule has 1 amide bonds. The van der Waals surface area contributed by atoms with E-state index in [2.05, 4.69) is 17.4 Å². The van der Waals surface area contributed by atoms with Gasteiger partial charge in [-0.15, -0.1) is 12.4 Å². The molecule has 1 N–H and O–H groups in total. The fourth-order valence-electron chi connectivity index (χ4n) is 2.66. The third-order valence-electron chi connectivity index (χ3n) is 3.99. The number of amides is 1. The SMILES string of the molecule is CNCCN(C)C(=O)C1(c2ccccc2)CCC1.Cl. The number of nitrogens with one attached hydrogen (secondary N) is 1. The average Bonchev–Trinajstić information content (AvgIpc) is 2.36. The zero-order valence-electron chi connectivity index (χ0n) is 11.7. The Bertz CT molecular complexity index is 404. The van der Waals surface area contributed by atoms with E-state index in [4.69, 9.17) is 0 Å². The van der Waals surface area contributed by atoms with E-state index in [1.807, 2.05) is 37.2 Å². The summed E-state index contributed by atoms with van der Waals surface area (Å²) in [5.41, 5.74) is 0.932. The normalized spacial score (nSPS) is 16.1. The van der Waals surface area contributed by atoms with Gasteiger partial charge in [-0.3, -0.25) is 4.79 Å². The maximum atomic E-state index is 12.7. The minimum Gasteiger partial charge on any atom is -0.344 e. The van der Waals surface area contributed by atoms with Crippen LogP contribution in [0.1, 0.15) is 24.8 Å². The van der Waals surface area contributed by atoms with Crippen molar-refractivity contribution in [1.82, 2.24) is 10.2 Å². The smallest absolute Gasteiger partial charge is 0.233 e. The highest BCUT2D eigenvalue weighted by Crippen LogP contribution is 2.44. The summed E-state index contributed by atoms with van der Waals surface area (Å²) in [6.07, 6.45) is 3.12. The zero-order valence-corrected chi connectivity index (χ0v) is 12.5. The summed E-state index contributed by atoms with van der Waals surface area (Å²) in [7, 11) is 3.82.